The van der Waals surface area contributed by atoms with E-state index in [0.717, 1.165) is 6.42 Å². The molecule has 0 amide bonds. The Morgan fingerprint density at radius 3 is 3.10 bits per heavy atom. The summed E-state index contributed by atoms with van der Waals surface area (Å²) in [6.07, 6.45) is 4.59. The SMILES string of the molecule is COC(=O)C1CC=CNC1. The Kier molecular flexibility index (Phi) is 2.31. The van der Waals surface area contributed by atoms with Crippen molar-refractivity contribution in [3.63, 3.8) is 0 Å². The second kappa shape index (κ2) is 3.25. The summed E-state index contributed by atoms with van der Waals surface area (Å²) >= 11 is 0. The summed E-state index contributed by atoms with van der Waals surface area (Å²) in [7, 11) is 1.42. The van der Waals surface area contributed by atoms with Crippen LogP contribution in [0.15, 0.2) is 12.3 Å². The predicted octanol–water partition coefficient (Wildman–Crippen LogP) is 0.283. The van der Waals surface area contributed by atoms with Crippen LogP contribution in [0.3, 0.4) is 0 Å². The van der Waals surface area contributed by atoms with Gasteiger partial charge in [-0.15, -0.1) is 0 Å². The van der Waals surface area contributed by atoms with Crippen LogP contribution in [0.2, 0.25) is 0 Å². The number of esters is 1. The largest absolute Gasteiger partial charge is 0.469 e. The second-order valence-electron chi connectivity index (χ2n) is 2.27. The molecule has 1 heterocycles. The van der Waals surface area contributed by atoms with Crippen LogP contribution in [-0.2, 0) is 9.53 Å². The van der Waals surface area contributed by atoms with E-state index in [4.69, 9.17) is 0 Å². The minimum atomic E-state index is -0.128. The van der Waals surface area contributed by atoms with Gasteiger partial charge in [0.05, 0.1) is 13.0 Å². The van der Waals surface area contributed by atoms with Gasteiger partial charge in [-0.05, 0) is 12.6 Å². The molecule has 0 saturated heterocycles. The lowest BCUT2D eigenvalue weighted by molar-refractivity contribution is -0.145. The fourth-order valence-corrected chi connectivity index (χ4v) is 0.955. The highest BCUT2D eigenvalue weighted by atomic mass is 16.5. The minimum Gasteiger partial charge on any atom is -0.469 e. The summed E-state index contributed by atoms with van der Waals surface area (Å²) in [5.74, 6) is -0.119. The highest BCUT2D eigenvalue weighted by molar-refractivity contribution is 5.72. The van der Waals surface area contributed by atoms with Crippen molar-refractivity contribution in [1.29, 1.82) is 0 Å². The third kappa shape index (κ3) is 1.50. The van der Waals surface area contributed by atoms with Gasteiger partial charge in [-0.3, -0.25) is 4.79 Å². The van der Waals surface area contributed by atoms with Gasteiger partial charge in [0.2, 0.25) is 0 Å². The molecular formula is C7H11NO2. The molecule has 0 bridgehead atoms. The lowest BCUT2D eigenvalue weighted by atomic mass is 10.0. The van der Waals surface area contributed by atoms with Gasteiger partial charge in [0.1, 0.15) is 0 Å². The van der Waals surface area contributed by atoms with Crippen LogP contribution in [0.4, 0.5) is 0 Å². The van der Waals surface area contributed by atoms with Crippen molar-refractivity contribution in [1.82, 2.24) is 5.32 Å². The van der Waals surface area contributed by atoms with Gasteiger partial charge < -0.3 is 10.1 Å². The maximum Gasteiger partial charge on any atom is 0.310 e. The molecule has 0 radical (unpaired) electrons. The molecule has 1 aliphatic heterocycles. The fourth-order valence-electron chi connectivity index (χ4n) is 0.955. The van der Waals surface area contributed by atoms with E-state index in [1.165, 1.54) is 7.11 Å². The van der Waals surface area contributed by atoms with Crippen LogP contribution < -0.4 is 5.32 Å². The summed E-state index contributed by atoms with van der Waals surface area (Å²) in [6.45, 7) is 0.698. The van der Waals surface area contributed by atoms with Crippen LogP contribution in [0.25, 0.3) is 0 Å². The molecule has 56 valence electrons. The highest BCUT2D eigenvalue weighted by Crippen LogP contribution is 2.07. The van der Waals surface area contributed by atoms with Crippen molar-refractivity contribution in [3.8, 4) is 0 Å². The first-order valence-corrected chi connectivity index (χ1v) is 3.31. The molecule has 0 fully saturated rings. The summed E-state index contributed by atoms with van der Waals surface area (Å²) < 4.78 is 4.58. The maximum absolute atomic E-state index is 10.9. The Morgan fingerprint density at radius 1 is 1.80 bits per heavy atom. The lowest BCUT2D eigenvalue weighted by Gasteiger charge is -2.15. The molecule has 1 N–H and O–H groups in total. The molecular weight excluding hydrogens is 130 g/mol. The molecule has 0 aromatic carbocycles. The van der Waals surface area contributed by atoms with E-state index in [0.29, 0.717) is 6.54 Å². The molecule has 3 nitrogen and oxygen atoms in total. The molecule has 0 aromatic rings. The zero-order chi connectivity index (χ0) is 7.40. The van der Waals surface area contributed by atoms with Crippen molar-refractivity contribution in [3.05, 3.63) is 12.3 Å². The number of allylic oxidation sites excluding steroid dienone is 1. The van der Waals surface area contributed by atoms with E-state index in [1.54, 1.807) is 0 Å². The molecule has 10 heavy (non-hydrogen) atoms. The standard InChI is InChI=1S/C7H11NO2/c1-10-7(9)6-3-2-4-8-5-6/h2,4,6,8H,3,5H2,1H3. The topological polar surface area (TPSA) is 38.3 Å². The van der Waals surface area contributed by atoms with Gasteiger partial charge in [0.25, 0.3) is 0 Å². The average Bonchev–Trinajstić information content (AvgIpc) is 2.05. The Bertz CT molecular complexity index is 154. The second-order valence-corrected chi connectivity index (χ2v) is 2.27. The number of methoxy groups -OCH3 is 1. The average molecular weight is 141 g/mol. The van der Waals surface area contributed by atoms with Crippen LogP contribution in [0, 0.1) is 5.92 Å². The molecule has 1 rings (SSSR count). The first-order chi connectivity index (χ1) is 4.84. The molecule has 1 unspecified atom stereocenters. The molecule has 0 aromatic heterocycles. The Morgan fingerprint density at radius 2 is 2.60 bits per heavy atom. The monoisotopic (exact) mass is 141 g/mol. The summed E-state index contributed by atoms with van der Waals surface area (Å²) in [5.41, 5.74) is 0. The zero-order valence-electron chi connectivity index (χ0n) is 5.96. The van der Waals surface area contributed by atoms with Gasteiger partial charge in [-0.2, -0.15) is 0 Å². The first kappa shape index (κ1) is 7.12. The normalized spacial score (nSPS) is 23.5. The Hall–Kier alpha value is -0.990. The highest BCUT2D eigenvalue weighted by Gasteiger charge is 2.18. The number of carbonyl (C=O) groups is 1. The van der Waals surface area contributed by atoms with Crippen molar-refractivity contribution < 1.29 is 9.53 Å². The van der Waals surface area contributed by atoms with E-state index in [1.807, 2.05) is 12.3 Å². The van der Waals surface area contributed by atoms with E-state index in [-0.39, 0.29) is 11.9 Å². The molecule has 1 atom stereocenters. The molecule has 0 spiro atoms. The fraction of sp³-hybridized carbons (Fsp3) is 0.571. The smallest absolute Gasteiger partial charge is 0.310 e. The van der Waals surface area contributed by atoms with E-state index >= 15 is 0 Å². The number of hydrogen-bond acceptors (Lipinski definition) is 3. The summed E-state index contributed by atoms with van der Waals surface area (Å²) in [5, 5.41) is 2.97. The van der Waals surface area contributed by atoms with E-state index < -0.39 is 0 Å². The Balaban J connectivity index is 2.41. The van der Waals surface area contributed by atoms with Crippen molar-refractivity contribution in [2.75, 3.05) is 13.7 Å². The molecule has 3 heteroatoms. The number of carbonyl (C=O) groups excluding carboxylic acids is 1. The quantitative estimate of drug-likeness (QED) is 0.533. The maximum atomic E-state index is 10.9. The van der Waals surface area contributed by atoms with Gasteiger partial charge in [-0.25, -0.2) is 0 Å². The van der Waals surface area contributed by atoms with Gasteiger partial charge in [-0.1, -0.05) is 6.08 Å². The van der Waals surface area contributed by atoms with Crippen molar-refractivity contribution in [2.24, 2.45) is 5.92 Å². The number of nitrogens with one attached hydrogen (secondary N) is 1. The number of rotatable bonds is 1. The first-order valence-electron chi connectivity index (χ1n) is 3.31. The summed E-state index contributed by atoms with van der Waals surface area (Å²) in [4.78, 5) is 10.9. The molecule has 0 aliphatic carbocycles. The third-order valence-electron chi connectivity index (χ3n) is 1.56. The van der Waals surface area contributed by atoms with E-state index in [9.17, 15) is 4.79 Å². The zero-order valence-corrected chi connectivity index (χ0v) is 5.96. The van der Waals surface area contributed by atoms with Crippen LogP contribution in [0.1, 0.15) is 6.42 Å². The van der Waals surface area contributed by atoms with Gasteiger partial charge >= 0.3 is 5.97 Å². The van der Waals surface area contributed by atoms with Crippen LogP contribution in [-0.4, -0.2) is 19.6 Å². The Labute approximate surface area is 60.1 Å². The minimum absolute atomic E-state index is 0.00926. The third-order valence-corrected chi connectivity index (χ3v) is 1.56. The van der Waals surface area contributed by atoms with E-state index in [2.05, 4.69) is 10.1 Å². The number of ether oxygens (including phenoxy) is 1. The number of hydrogen-bond donors (Lipinski definition) is 1. The van der Waals surface area contributed by atoms with Crippen LogP contribution >= 0.6 is 0 Å². The van der Waals surface area contributed by atoms with Gasteiger partial charge in [0.15, 0.2) is 0 Å². The summed E-state index contributed by atoms with van der Waals surface area (Å²) in [6, 6.07) is 0. The predicted molar refractivity (Wildman–Crippen MR) is 37.3 cm³/mol. The van der Waals surface area contributed by atoms with Gasteiger partial charge in [0, 0.05) is 6.54 Å². The van der Waals surface area contributed by atoms with Crippen molar-refractivity contribution >= 4 is 5.97 Å². The van der Waals surface area contributed by atoms with Crippen LogP contribution in [0.5, 0.6) is 0 Å². The van der Waals surface area contributed by atoms with Crippen molar-refractivity contribution in [2.45, 2.75) is 6.42 Å². The lowest BCUT2D eigenvalue weighted by Crippen LogP contribution is -2.28. The molecule has 0 saturated carbocycles. The molecule has 1 aliphatic rings.